The molecular formula is C19H20FN5O. The molecule has 3 rings (SSSR count). The fourth-order valence-electron chi connectivity index (χ4n) is 2.39. The number of halogens is 1. The van der Waals surface area contributed by atoms with Crippen LogP contribution in [0.4, 0.5) is 10.1 Å². The molecule has 3 N–H and O–H groups in total. The van der Waals surface area contributed by atoms with Gasteiger partial charge in [0.05, 0.1) is 18.5 Å². The van der Waals surface area contributed by atoms with Gasteiger partial charge in [-0.1, -0.05) is 0 Å². The first-order chi connectivity index (χ1) is 12.6. The lowest BCUT2D eigenvalue weighted by atomic mass is 10.3. The molecule has 0 unspecified atom stereocenters. The highest BCUT2D eigenvalue weighted by molar-refractivity contribution is 5.92. The molecule has 1 aromatic heterocycles. The third kappa shape index (κ3) is 4.60. The number of hydrogen-bond donors (Lipinski definition) is 2. The Morgan fingerprint density at radius 1 is 1.15 bits per heavy atom. The zero-order valence-corrected chi connectivity index (χ0v) is 14.4. The molecule has 0 atom stereocenters. The number of ether oxygens (including phenoxy) is 1. The molecule has 0 aliphatic carbocycles. The van der Waals surface area contributed by atoms with Gasteiger partial charge in [0, 0.05) is 24.8 Å². The molecular weight excluding hydrogens is 333 g/mol. The smallest absolute Gasteiger partial charge is 0.193 e. The third-order valence-corrected chi connectivity index (χ3v) is 3.75. The standard InChI is InChI=1S/C19H20FN5O/c1-26-18-8-4-15(5-9-18)23-19(21)22-12-10-16-11-13-25(24-16)17-6-2-14(20)3-7-17/h2-9,11,13H,10,12H2,1H3,(H3,21,22,23). The van der Waals surface area contributed by atoms with Crippen LogP contribution in [0.25, 0.3) is 5.69 Å². The van der Waals surface area contributed by atoms with Crippen LogP contribution in [0.2, 0.25) is 0 Å². The van der Waals surface area contributed by atoms with E-state index in [1.54, 1.807) is 23.9 Å². The van der Waals surface area contributed by atoms with Gasteiger partial charge in [-0.3, -0.25) is 4.99 Å². The van der Waals surface area contributed by atoms with Crippen LogP contribution in [0.5, 0.6) is 5.75 Å². The van der Waals surface area contributed by atoms with Gasteiger partial charge in [0.2, 0.25) is 0 Å². The van der Waals surface area contributed by atoms with Gasteiger partial charge in [0.25, 0.3) is 0 Å². The molecule has 0 saturated heterocycles. The molecule has 26 heavy (non-hydrogen) atoms. The van der Waals surface area contributed by atoms with E-state index in [0.29, 0.717) is 18.9 Å². The van der Waals surface area contributed by atoms with Gasteiger partial charge >= 0.3 is 0 Å². The predicted molar refractivity (Wildman–Crippen MR) is 100 cm³/mol. The van der Waals surface area contributed by atoms with Crippen LogP contribution in [-0.2, 0) is 6.42 Å². The number of hydrogen-bond acceptors (Lipinski definition) is 3. The van der Waals surface area contributed by atoms with Crippen molar-refractivity contribution in [2.45, 2.75) is 6.42 Å². The van der Waals surface area contributed by atoms with Crippen molar-refractivity contribution in [2.24, 2.45) is 10.7 Å². The molecule has 0 aliphatic heterocycles. The summed E-state index contributed by atoms with van der Waals surface area (Å²) >= 11 is 0. The summed E-state index contributed by atoms with van der Waals surface area (Å²) in [5, 5.41) is 7.49. The van der Waals surface area contributed by atoms with Crippen molar-refractivity contribution in [2.75, 3.05) is 19.0 Å². The van der Waals surface area contributed by atoms with Crippen molar-refractivity contribution >= 4 is 11.6 Å². The minimum absolute atomic E-state index is 0.268. The van der Waals surface area contributed by atoms with E-state index in [9.17, 15) is 4.39 Å². The predicted octanol–water partition coefficient (Wildman–Crippen LogP) is 2.99. The number of methoxy groups -OCH3 is 1. The van der Waals surface area contributed by atoms with E-state index < -0.39 is 0 Å². The van der Waals surface area contributed by atoms with Crippen LogP contribution in [0.3, 0.4) is 0 Å². The largest absolute Gasteiger partial charge is 0.497 e. The number of nitrogens with one attached hydrogen (secondary N) is 1. The van der Waals surface area contributed by atoms with E-state index in [-0.39, 0.29) is 5.82 Å². The molecule has 0 saturated carbocycles. The van der Waals surface area contributed by atoms with Crippen LogP contribution in [-0.4, -0.2) is 29.4 Å². The Bertz CT molecular complexity index is 872. The van der Waals surface area contributed by atoms with E-state index in [0.717, 1.165) is 22.8 Å². The lowest BCUT2D eigenvalue weighted by molar-refractivity contribution is 0.415. The monoisotopic (exact) mass is 353 g/mol. The highest BCUT2D eigenvalue weighted by atomic mass is 19.1. The van der Waals surface area contributed by atoms with Gasteiger partial charge in [-0.05, 0) is 54.6 Å². The highest BCUT2D eigenvalue weighted by Gasteiger charge is 2.02. The van der Waals surface area contributed by atoms with Crippen molar-refractivity contribution in [1.29, 1.82) is 0 Å². The second-order valence-corrected chi connectivity index (χ2v) is 5.60. The van der Waals surface area contributed by atoms with Gasteiger partial charge < -0.3 is 15.8 Å². The van der Waals surface area contributed by atoms with Crippen LogP contribution >= 0.6 is 0 Å². The van der Waals surface area contributed by atoms with Crippen LogP contribution in [0.15, 0.2) is 65.8 Å². The summed E-state index contributed by atoms with van der Waals surface area (Å²) in [5.41, 5.74) is 8.43. The van der Waals surface area contributed by atoms with Gasteiger partial charge in [-0.25, -0.2) is 9.07 Å². The average Bonchev–Trinajstić information content (AvgIpc) is 3.12. The van der Waals surface area contributed by atoms with E-state index in [4.69, 9.17) is 10.5 Å². The molecule has 0 radical (unpaired) electrons. The van der Waals surface area contributed by atoms with Crippen LogP contribution in [0, 0.1) is 5.82 Å². The maximum absolute atomic E-state index is 13.0. The van der Waals surface area contributed by atoms with Crippen molar-refractivity contribution in [3.05, 3.63) is 72.3 Å². The van der Waals surface area contributed by atoms with E-state index in [2.05, 4.69) is 15.4 Å². The van der Waals surface area contributed by atoms with Crippen LogP contribution < -0.4 is 15.8 Å². The molecule has 7 heteroatoms. The van der Waals surface area contributed by atoms with Gasteiger partial charge in [-0.2, -0.15) is 5.10 Å². The zero-order valence-electron chi connectivity index (χ0n) is 14.4. The molecule has 2 aromatic carbocycles. The topological polar surface area (TPSA) is 77.5 Å². The zero-order chi connectivity index (χ0) is 18.4. The molecule has 1 heterocycles. The lowest BCUT2D eigenvalue weighted by Gasteiger charge is -2.06. The average molecular weight is 353 g/mol. The van der Waals surface area contributed by atoms with Crippen molar-refractivity contribution in [1.82, 2.24) is 9.78 Å². The Hall–Kier alpha value is -3.35. The second kappa shape index (κ2) is 8.15. The molecule has 0 amide bonds. The van der Waals surface area contributed by atoms with Crippen molar-refractivity contribution in [3.8, 4) is 11.4 Å². The quantitative estimate of drug-likeness (QED) is 0.528. The number of nitrogens with two attached hydrogens (primary N) is 1. The Kier molecular flexibility index (Phi) is 5.48. The maximum atomic E-state index is 13.0. The fraction of sp³-hybridized carbons (Fsp3) is 0.158. The molecule has 0 aliphatic rings. The normalized spacial score (nSPS) is 11.4. The number of aromatic nitrogens is 2. The van der Waals surface area contributed by atoms with E-state index >= 15 is 0 Å². The molecule has 0 spiro atoms. The highest BCUT2D eigenvalue weighted by Crippen LogP contribution is 2.14. The number of anilines is 1. The van der Waals surface area contributed by atoms with E-state index in [1.165, 1.54) is 12.1 Å². The molecule has 6 nitrogen and oxygen atoms in total. The molecule has 134 valence electrons. The summed E-state index contributed by atoms with van der Waals surface area (Å²) in [6.45, 7) is 0.509. The minimum Gasteiger partial charge on any atom is -0.497 e. The Morgan fingerprint density at radius 2 is 1.88 bits per heavy atom. The van der Waals surface area contributed by atoms with Gasteiger partial charge in [-0.15, -0.1) is 0 Å². The van der Waals surface area contributed by atoms with Crippen molar-refractivity contribution < 1.29 is 9.13 Å². The maximum Gasteiger partial charge on any atom is 0.193 e. The SMILES string of the molecule is COc1ccc(NC(N)=NCCc2ccn(-c3ccc(F)cc3)n2)cc1. The Balaban J connectivity index is 1.53. The Labute approximate surface area is 151 Å². The van der Waals surface area contributed by atoms with Gasteiger partial charge in [0.1, 0.15) is 11.6 Å². The first-order valence-corrected chi connectivity index (χ1v) is 8.15. The summed E-state index contributed by atoms with van der Waals surface area (Å²) in [5.74, 6) is 0.853. The number of aliphatic imine (C=N–C) groups is 1. The first-order valence-electron chi connectivity index (χ1n) is 8.15. The summed E-state index contributed by atoms with van der Waals surface area (Å²) in [7, 11) is 1.62. The van der Waals surface area contributed by atoms with Crippen molar-refractivity contribution in [3.63, 3.8) is 0 Å². The number of rotatable bonds is 6. The summed E-state index contributed by atoms with van der Waals surface area (Å²) < 4.78 is 19.8. The molecule has 0 bridgehead atoms. The first kappa shape index (κ1) is 17.5. The Morgan fingerprint density at radius 3 is 2.58 bits per heavy atom. The number of guanidine groups is 1. The molecule has 0 fully saturated rings. The van der Waals surface area contributed by atoms with Crippen LogP contribution in [0.1, 0.15) is 5.69 Å². The van der Waals surface area contributed by atoms with Gasteiger partial charge in [0.15, 0.2) is 5.96 Å². The summed E-state index contributed by atoms with van der Waals surface area (Å²) in [6.07, 6.45) is 2.49. The summed E-state index contributed by atoms with van der Waals surface area (Å²) in [6, 6.07) is 15.5. The molecule has 3 aromatic rings. The fourth-order valence-corrected chi connectivity index (χ4v) is 2.39. The minimum atomic E-state index is -0.268. The number of nitrogens with zero attached hydrogens (tertiary/aromatic N) is 3. The number of benzene rings is 2. The third-order valence-electron chi connectivity index (χ3n) is 3.75. The lowest BCUT2D eigenvalue weighted by Crippen LogP contribution is -2.23. The summed E-state index contributed by atoms with van der Waals surface area (Å²) in [4.78, 5) is 4.30. The second-order valence-electron chi connectivity index (χ2n) is 5.60. The van der Waals surface area contributed by atoms with E-state index in [1.807, 2.05) is 36.5 Å².